The van der Waals surface area contributed by atoms with Crippen molar-refractivity contribution >= 4 is 34.8 Å². The SMILES string of the molecule is COC(=O)c1cnc(N)c(Cl)c1Nc1ccccc1C. The Morgan fingerprint density at radius 2 is 2.10 bits per heavy atom. The Hall–Kier alpha value is -2.27. The summed E-state index contributed by atoms with van der Waals surface area (Å²) in [6.45, 7) is 1.94. The number of carbonyl (C=O) groups excluding carboxylic acids is 1. The number of esters is 1. The molecule has 20 heavy (non-hydrogen) atoms. The van der Waals surface area contributed by atoms with Gasteiger partial charge in [-0.1, -0.05) is 29.8 Å². The van der Waals surface area contributed by atoms with Crippen molar-refractivity contribution < 1.29 is 9.53 Å². The predicted octanol–water partition coefficient (Wildman–Crippen LogP) is 3.16. The van der Waals surface area contributed by atoms with Gasteiger partial charge in [0, 0.05) is 11.9 Å². The third kappa shape index (κ3) is 2.67. The van der Waals surface area contributed by atoms with Crippen molar-refractivity contribution in [2.45, 2.75) is 6.92 Å². The average Bonchev–Trinajstić information content (AvgIpc) is 2.45. The molecule has 2 rings (SSSR count). The maximum atomic E-state index is 11.8. The second kappa shape index (κ2) is 5.79. The summed E-state index contributed by atoms with van der Waals surface area (Å²) in [7, 11) is 1.30. The van der Waals surface area contributed by atoms with E-state index in [2.05, 4.69) is 10.3 Å². The molecule has 0 saturated carbocycles. The number of hydrogen-bond acceptors (Lipinski definition) is 5. The molecule has 1 aromatic carbocycles. The lowest BCUT2D eigenvalue weighted by Crippen LogP contribution is -2.09. The first-order valence-electron chi connectivity index (χ1n) is 5.89. The standard InChI is InChI=1S/C14H14ClN3O2/c1-8-5-3-4-6-10(8)18-12-9(14(19)20-2)7-17-13(16)11(12)15/h3-7H,1-2H3,(H3,16,17,18). The van der Waals surface area contributed by atoms with Crippen molar-refractivity contribution in [2.75, 3.05) is 18.2 Å². The number of methoxy groups -OCH3 is 1. The van der Waals surface area contributed by atoms with E-state index < -0.39 is 5.97 Å². The third-order valence-corrected chi connectivity index (χ3v) is 3.24. The Labute approximate surface area is 121 Å². The zero-order valence-electron chi connectivity index (χ0n) is 11.1. The van der Waals surface area contributed by atoms with Gasteiger partial charge < -0.3 is 15.8 Å². The number of anilines is 3. The van der Waals surface area contributed by atoms with Gasteiger partial charge in [-0.3, -0.25) is 0 Å². The molecule has 0 amide bonds. The number of pyridine rings is 1. The summed E-state index contributed by atoms with van der Waals surface area (Å²) in [5, 5.41) is 3.30. The molecule has 0 aliphatic rings. The minimum absolute atomic E-state index is 0.149. The Morgan fingerprint density at radius 1 is 1.40 bits per heavy atom. The molecule has 1 heterocycles. The molecule has 2 aromatic rings. The highest BCUT2D eigenvalue weighted by Gasteiger charge is 2.18. The zero-order chi connectivity index (χ0) is 14.7. The number of hydrogen-bond donors (Lipinski definition) is 2. The second-order valence-electron chi connectivity index (χ2n) is 4.18. The number of para-hydroxylation sites is 1. The fourth-order valence-electron chi connectivity index (χ4n) is 1.74. The number of rotatable bonds is 3. The molecule has 0 saturated heterocycles. The van der Waals surface area contributed by atoms with Crippen LogP contribution in [0.2, 0.25) is 5.02 Å². The van der Waals surface area contributed by atoms with Gasteiger partial charge in [0.05, 0.1) is 12.8 Å². The van der Waals surface area contributed by atoms with Crippen LogP contribution < -0.4 is 11.1 Å². The predicted molar refractivity (Wildman–Crippen MR) is 79.5 cm³/mol. The first kappa shape index (κ1) is 14.1. The van der Waals surface area contributed by atoms with E-state index in [9.17, 15) is 4.79 Å². The zero-order valence-corrected chi connectivity index (χ0v) is 11.9. The van der Waals surface area contributed by atoms with Crippen LogP contribution in [0.25, 0.3) is 0 Å². The normalized spacial score (nSPS) is 10.2. The van der Waals surface area contributed by atoms with Crippen molar-refractivity contribution in [3.05, 3.63) is 46.6 Å². The number of halogens is 1. The number of nitrogens with two attached hydrogens (primary N) is 1. The van der Waals surface area contributed by atoms with Crippen molar-refractivity contribution in [2.24, 2.45) is 0 Å². The molecule has 6 heteroatoms. The Kier molecular flexibility index (Phi) is 4.10. The summed E-state index contributed by atoms with van der Waals surface area (Å²) >= 11 is 6.14. The van der Waals surface area contributed by atoms with Gasteiger partial charge in [0.1, 0.15) is 16.4 Å². The van der Waals surface area contributed by atoms with Crippen LogP contribution in [0.1, 0.15) is 15.9 Å². The molecule has 0 aliphatic heterocycles. The smallest absolute Gasteiger partial charge is 0.341 e. The molecule has 0 bridgehead atoms. The van der Waals surface area contributed by atoms with Crippen LogP contribution in [-0.2, 0) is 4.74 Å². The highest BCUT2D eigenvalue weighted by atomic mass is 35.5. The van der Waals surface area contributed by atoms with Crippen LogP contribution in [0, 0.1) is 6.92 Å². The Balaban J connectivity index is 2.52. The van der Waals surface area contributed by atoms with Gasteiger partial charge in [-0.05, 0) is 18.6 Å². The van der Waals surface area contributed by atoms with Gasteiger partial charge in [-0.2, -0.15) is 0 Å². The van der Waals surface area contributed by atoms with Crippen LogP contribution in [0.3, 0.4) is 0 Å². The molecule has 104 valence electrons. The highest BCUT2D eigenvalue weighted by Crippen LogP contribution is 2.33. The number of nitrogens with zero attached hydrogens (tertiary/aromatic N) is 1. The summed E-state index contributed by atoms with van der Waals surface area (Å²) in [6, 6.07) is 7.62. The van der Waals surface area contributed by atoms with Crippen LogP contribution in [0.5, 0.6) is 0 Å². The minimum atomic E-state index is -0.532. The van der Waals surface area contributed by atoms with Crippen LogP contribution in [-0.4, -0.2) is 18.1 Å². The number of aryl methyl sites for hydroxylation is 1. The molecule has 0 unspecified atom stereocenters. The van der Waals surface area contributed by atoms with Gasteiger partial charge in [-0.15, -0.1) is 0 Å². The van der Waals surface area contributed by atoms with E-state index in [1.54, 1.807) is 0 Å². The fourth-order valence-corrected chi connectivity index (χ4v) is 1.93. The lowest BCUT2D eigenvalue weighted by atomic mass is 10.1. The number of nitrogens with one attached hydrogen (secondary N) is 1. The van der Waals surface area contributed by atoms with E-state index in [0.717, 1.165) is 11.3 Å². The number of aromatic nitrogens is 1. The quantitative estimate of drug-likeness (QED) is 0.850. The van der Waals surface area contributed by atoms with E-state index in [4.69, 9.17) is 22.1 Å². The van der Waals surface area contributed by atoms with E-state index in [1.807, 2.05) is 31.2 Å². The maximum Gasteiger partial charge on any atom is 0.341 e. The maximum absolute atomic E-state index is 11.8. The number of nitrogen functional groups attached to an aromatic ring is 1. The molecule has 0 atom stereocenters. The number of ether oxygens (including phenoxy) is 1. The number of carbonyl (C=O) groups is 1. The lowest BCUT2D eigenvalue weighted by molar-refractivity contribution is 0.0601. The Bertz CT molecular complexity index is 659. The van der Waals surface area contributed by atoms with Crippen LogP contribution >= 0.6 is 11.6 Å². The van der Waals surface area contributed by atoms with E-state index >= 15 is 0 Å². The molecule has 1 aromatic heterocycles. The summed E-state index contributed by atoms with van der Waals surface area (Å²) in [5.74, 6) is -0.383. The summed E-state index contributed by atoms with van der Waals surface area (Å²) < 4.78 is 4.72. The van der Waals surface area contributed by atoms with Crippen LogP contribution in [0.15, 0.2) is 30.5 Å². The topological polar surface area (TPSA) is 77.2 Å². The number of benzene rings is 1. The largest absolute Gasteiger partial charge is 0.465 e. The van der Waals surface area contributed by atoms with Gasteiger partial charge in [-0.25, -0.2) is 9.78 Å². The second-order valence-corrected chi connectivity index (χ2v) is 4.56. The van der Waals surface area contributed by atoms with Crippen molar-refractivity contribution in [3.63, 3.8) is 0 Å². The first-order valence-corrected chi connectivity index (χ1v) is 6.27. The molecular weight excluding hydrogens is 278 g/mol. The summed E-state index contributed by atoms with van der Waals surface area (Å²) in [4.78, 5) is 15.6. The highest BCUT2D eigenvalue weighted by molar-refractivity contribution is 6.36. The van der Waals surface area contributed by atoms with Gasteiger partial charge in [0.15, 0.2) is 0 Å². The van der Waals surface area contributed by atoms with Crippen LogP contribution in [0.4, 0.5) is 17.2 Å². The molecule has 0 aliphatic carbocycles. The average molecular weight is 292 g/mol. The van der Waals surface area contributed by atoms with Gasteiger partial charge >= 0.3 is 5.97 Å². The van der Waals surface area contributed by atoms with Crippen molar-refractivity contribution in [1.29, 1.82) is 0 Å². The monoisotopic (exact) mass is 291 g/mol. The minimum Gasteiger partial charge on any atom is -0.465 e. The molecule has 0 spiro atoms. The van der Waals surface area contributed by atoms with Gasteiger partial charge in [0.25, 0.3) is 0 Å². The summed E-state index contributed by atoms with van der Waals surface area (Å²) in [6.07, 6.45) is 1.34. The third-order valence-electron chi connectivity index (χ3n) is 2.86. The Morgan fingerprint density at radius 3 is 2.75 bits per heavy atom. The first-order chi connectivity index (χ1) is 9.54. The van der Waals surface area contributed by atoms with Crippen molar-refractivity contribution in [3.8, 4) is 0 Å². The molecule has 0 fully saturated rings. The van der Waals surface area contributed by atoms with E-state index in [-0.39, 0.29) is 16.4 Å². The molecule has 5 nitrogen and oxygen atoms in total. The summed E-state index contributed by atoms with van der Waals surface area (Å²) in [5.41, 5.74) is 8.14. The lowest BCUT2D eigenvalue weighted by Gasteiger charge is -2.15. The van der Waals surface area contributed by atoms with Gasteiger partial charge in [0.2, 0.25) is 0 Å². The molecule has 0 radical (unpaired) electrons. The molecule has 3 N–H and O–H groups in total. The van der Waals surface area contributed by atoms with E-state index in [1.165, 1.54) is 13.3 Å². The van der Waals surface area contributed by atoms with Crippen molar-refractivity contribution in [1.82, 2.24) is 4.98 Å². The molecular formula is C14H14ClN3O2. The van der Waals surface area contributed by atoms with E-state index in [0.29, 0.717) is 5.69 Å². The fraction of sp³-hybridized carbons (Fsp3) is 0.143.